The van der Waals surface area contributed by atoms with Crippen LogP contribution < -0.4 is 5.73 Å². The van der Waals surface area contributed by atoms with Crippen LogP contribution in [0.4, 0.5) is 27.6 Å². The quantitative estimate of drug-likeness (QED) is 0.444. The third kappa shape index (κ3) is 4.38. The average Bonchev–Trinajstić information content (AvgIpc) is 2.69. The SMILES string of the molecule is Nc1ccc(F)c(C2(CF)CC(C(F)(F)F)OC(CC(=O)c3ccccc3)=N2)c1. The summed E-state index contributed by atoms with van der Waals surface area (Å²) >= 11 is 0. The van der Waals surface area contributed by atoms with Crippen molar-refractivity contribution in [3.8, 4) is 0 Å². The van der Waals surface area contributed by atoms with E-state index in [1.54, 1.807) is 18.2 Å². The minimum atomic E-state index is -4.87. The van der Waals surface area contributed by atoms with Crippen molar-refractivity contribution in [1.82, 2.24) is 0 Å². The Bertz CT molecular complexity index is 930. The van der Waals surface area contributed by atoms with Crippen LogP contribution >= 0.6 is 0 Å². The molecule has 2 aromatic carbocycles. The number of nitrogens with two attached hydrogens (primary N) is 1. The number of aliphatic imine (C=N–C) groups is 1. The first-order chi connectivity index (χ1) is 13.6. The van der Waals surface area contributed by atoms with Gasteiger partial charge in [-0.05, 0) is 18.2 Å². The van der Waals surface area contributed by atoms with E-state index < -0.39 is 60.4 Å². The Balaban J connectivity index is 2.05. The van der Waals surface area contributed by atoms with Crippen LogP contribution in [-0.2, 0) is 10.3 Å². The Morgan fingerprint density at radius 2 is 1.90 bits per heavy atom. The van der Waals surface area contributed by atoms with Crippen molar-refractivity contribution < 1.29 is 31.5 Å². The molecule has 0 aliphatic carbocycles. The molecular weight excluding hydrogens is 395 g/mol. The van der Waals surface area contributed by atoms with Crippen LogP contribution in [0.25, 0.3) is 0 Å². The van der Waals surface area contributed by atoms with Crippen LogP contribution in [0.15, 0.2) is 53.5 Å². The van der Waals surface area contributed by atoms with E-state index in [2.05, 4.69) is 4.99 Å². The number of nitrogen functional groups attached to an aromatic ring is 1. The van der Waals surface area contributed by atoms with Crippen molar-refractivity contribution in [2.24, 2.45) is 4.99 Å². The lowest BCUT2D eigenvalue weighted by molar-refractivity contribution is -0.209. The molecule has 4 nitrogen and oxygen atoms in total. The fourth-order valence-corrected chi connectivity index (χ4v) is 3.18. The normalized spacial score (nSPS) is 22.0. The van der Waals surface area contributed by atoms with Crippen LogP contribution in [0.5, 0.6) is 0 Å². The summed E-state index contributed by atoms with van der Waals surface area (Å²) in [6.45, 7) is -1.42. The van der Waals surface area contributed by atoms with E-state index in [9.17, 15) is 26.7 Å². The van der Waals surface area contributed by atoms with E-state index in [0.717, 1.165) is 12.1 Å². The van der Waals surface area contributed by atoms with Crippen molar-refractivity contribution >= 4 is 17.4 Å². The largest absolute Gasteiger partial charge is 0.468 e. The van der Waals surface area contributed by atoms with Gasteiger partial charge in [-0.15, -0.1) is 0 Å². The Hall–Kier alpha value is -2.97. The van der Waals surface area contributed by atoms with Gasteiger partial charge in [0.25, 0.3) is 0 Å². The highest BCUT2D eigenvalue weighted by atomic mass is 19.4. The minimum Gasteiger partial charge on any atom is -0.468 e. The maximum Gasteiger partial charge on any atom is 0.425 e. The number of halogens is 5. The zero-order chi connectivity index (χ0) is 21.2. The average molecular weight is 412 g/mol. The van der Waals surface area contributed by atoms with Crippen LogP contribution in [-0.4, -0.2) is 30.6 Å². The van der Waals surface area contributed by atoms with E-state index in [4.69, 9.17) is 10.5 Å². The standard InChI is InChI=1S/C20H17F5N2O2/c21-11-19(14-8-13(26)6-7-15(14)22)10-17(20(23,24)25)29-18(27-19)9-16(28)12-4-2-1-3-5-12/h1-8,17H,9-11,26H2. The van der Waals surface area contributed by atoms with E-state index >= 15 is 0 Å². The molecule has 0 bridgehead atoms. The maximum atomic E-state index is 14.4. The Morgan fingerprint density at radius 1 is 1.21 bits per heavy atom. The number of carbonyl (C=O) groups is 1. The third-order valence-corrected chi connectivity index (χ3v) is 4.63. The molecule has 0 spiro atoms. The van der Waals surface area contributed by atoms with Gasteiger partial charge in [0.1, 0.15) is 18.0 Å². The summed E-state index contributed by atoms with van der Waals surface area (Å²) in [5, 5.41) is 0. The van der Waals surface area contributed by atoms with Crippen molar-refractivity contribution in [3.63, 3.8) is 0 Å². The summed E-state index contributed by atoms with van der Waals surface area (Å²) in [4.78, 5) is 16.3. The molecule has 0 saturated heterocycles. The second kappa shape index (κ2) is 7.81. The van der Waals surface area contributed by atoms with Crippen molar-refractivity contribution in [2.45, 2.75) is 30.7 Å². The molecule has 3 rings (SSSR count). The van der Waals surface area contributed by atoms with Crippen molar-refractivity contribution in [3.05, 3.63) is 65.5 Å². The van der Waals surface area contributed by atoms with Gasteiger partial charge in [-0.1, -0.05) is 30.3 Å². The molecule has 2 unspecified atom stereocenters. The molecule has 1 heterocycles. The molecule has 0 amide bonds. The fraction of sp³-hybridized carbons (Fsp3) is 0.300. The molecule has 1 aliphatic rings. The fourth-order valence-electron chi connectivity index (χ4n) is 3.18. The van der Waals surface area contributed by atoms with Gasteiger partial charge in [-0.3, -0.25) is 4.79 Å². The van der Waals surface area contributed by atoms with Crippen molar-refractivity contribution in [1.29, 1.82) is 0 Å². The number of carbonyl (C=O) groups excluding carboxylic acids is 1. The number of alkyl halides is 4. The van der Waals surface area contributed by atoms with E-state index in [1.807, 2.05) is 0 Å². The lowest BCUT2D eigenvalue weighted by atomic mass is 9.84. The van der Waals surface area contributed by atoms with Gasteiger partial charge in [0.05, 0.1) is 6.42 Å². The van der Waals surface area contributed by atoms with Crippen LogP contribution in [0.2, 0.25) is 0 Å². The summed E-state index contributed by atoms with van der Waals surface area (Å²) in [5.41, 5.74) is 3.27. The number of ether oxygens (including phenoxy) is 1. The van der Waals surface area contributed by atoms with Gasteiger partial charge < -0.3 is 10.5 Å². The molecule has 1 aliphatic heterocycles. The molecule has 2 N–H and O–H groups in total. The molecular formula is C20H17F5N2O2. The number of hydrogen-bond donors (Lipinski definition) is 1. The minimum absolute atomic E-state index is 0.0430. The highest BCUT2D eigenvalue weighted by Crippen LogP contribution is 2.42. The van der Waals surface area contributed by atoms with Gasteiger partial charge in [0, 0.05) is 23.2 Å². The number of rotatable bonds is 5. The smallest absolute Gasteiger partial charge is 0.425 e. The maximum absolute atomic E-state index is 14.4. The first-order valence-electron chi connectivity index (χ1n) is 8.66. The summed E-state index contributed by atoms with van der Waals surface area (Å²) in [6, 6.07) is 11.0. The first kappa shape index (κ1) is 20.8. The van der Waals surface area contributed by atoms with E-state index in [-0.39, 0.29) is 11.3 Å². The summed E-state index contributed by atoms with van der Waals surface area (Å²) < 4.78 is 73.7. The summed E-state index contributed by atoms with van der Waals surface area (Å²) in [7, 11) is 0. The number of anilines is 1. The van der Waals surface area contributed by atoms with Gasteiger partial charge in [0.2, 0.25) is 0 Å². The zero-order valence-corrected chi connectivity index (χ0v) is 15.0. The van der Waals surface area contributed by atoms with Gasteiger partial charge >= 0.3 is 6.18 Å². The number of hydrogen-bond acceptors (Lipinski definition) is 4. The highest BCUT2D eigenvalue weighted by Gasteiger charge is 2.52. The highest BCUT2D eigenvalue weighted by molar-refractivity contribution is 6.07. The monoisotopic (exact) mass is 412 g/mol. The van der Waals surface area contributed by atoms with E-state index in [0.29, 0.717) is 0 Å². The molecule has 2 atom stereocenters. The number of Topliss-reactive ketones (excluding diaryl/α,β-unsaturated/α-hetero) is 1. The molecule has 0 aromatic heterocycles. The second-order valence-electron chi connectivity index (χ2n) is 6.73. The molecule has 9 heteroatoms. The topological polar surface area (TPSA) is 64.7 Å². The third-order valence-electron chi connectivity index (χ3n) is 4.63. The predicted molar refractivity (Wildman–Crippen MR) is 96.8 cm³/mol. The Labute approximate surface area is 163 Å². The molecule has 154 valence electrons. The summed E-state index contributed by atoms with van der Waals surface area (Å²) in [5.74, 6) is -2.11. The van der Waals surface area contributed by atoms with Gasteiger partial charge in [-0.2, -0.15) is 13.2 Å². The van der Waals surface area contributed by atoms with Crippen molar-refractivity contribution in [2.75, 3.05) is 12.4 Å². The molecule has 0 saturated carbocycles. The van der Waals surface area contributed by atoms with Crippen LogP contribution in [0.3, 0.4) is 0 Å². The Kier molecular flexibility index (Phi) is 5.59. The zero-order valence-electron chi connectivity index (χ0n) is 15.0. The van der Waals surface area contributed by atoms with Crippen LogP contribution in [0, 0.1) is 5.82 Å². The molecule has 0 radical (unpaired) electrons. The number of ketones is 1. The first-order valence-corrected chi connectivity index (χ1v) is 8.66. The predicted octanol–water partition coefficient (Wildman–Crippen LogP) is 4.60. The van der Waals surface area contributed by atoms with Crippen LogP contribution in [0.1, 0.15) is 28.8 Å². The number of nitrogens with zero attached hydrogens (tertiary/aromatic N) is 1. The molecule has 0 fully saturated rings. The Morgan fingerprint density at radius 3 is 2.52 bits per heavy atom. The summed E-state index contributed by atoms with van der Waals surface area (Å²) in [6.07, 6.45) is -8.91. The lowest BCUT2D eigenvalue weighted by Crippen LogP contribution is -2.46. The molecule has 2 aromatic rings. The lowest BCUT2D eigenvalue weighted by Gasteiger charge is -2.37. The number of benzene rings is 2. The second-order valence-corrected chi connectivity index (χ2v) is 6.73. The van der Waals surface area contributed by atoms with Gasteiger partial charge in [-0.25, -0.2) is 13.8 Å². The van der Waals surface area contributed by atoms with E-state index in [1.165, 1.54) is 18.2 Å². The molecule has 29 heavy (non-hydrogen) atoms. The van der Waals surface area contributed by atoms with Gasteiger partial charge in [0.15, 0.2) is 17.8 Å².